The molecule has 0 saturated heterocycles. The van der Waals surface area contributed by atoms with E-state index in [2.05, 4.69) is 10.6 Å². The molecule has 0 heterocycles. The van der Waals surface area contributed by atoms with Crippen LogP contribution in [0.5, 0.6) is 0 Å². The average molecular weight is 308 g/mol. The second-order valence-corrected chi connectivity index (χ2v) is 5.53. The van der Waals surface area contributed by atoms with Gasteiger partial charge in [-0.2, -0.15) is 0 Å². The molecule has 0 radical (unpaired) electrons. The summed E-state index contributed by atoms with van der Waals surface area (Å²) >= 11 is 0. The fraction of sp³-hybridized carbons (Fsp3) is 0.400. The normalized spacial score (nSPS) is 15.5. The van der Waals surface area contributed by atoms with Gasteiger partial charge in [0.2, 0.25) is 5.91 Å². The third kappa shape index (κ3) is 3.60. The van der Waals surface area contributed by atoms with Gasteiger partial charge in [0.1, 0.15) is 5.82 Å². The van der Waals surface area contributed by atoms with Gasteiger partial charge in [-0.05, 0) is 37.5 Å². The maximum absolute atomic E-state index is 13.8. The monoisotopic (exact) mass is 308 g/mol. The number of rotatable bonds is 5. The summed E-state index contributed by atoms with van der Waals surface area (Å²) < 4.78 is 13.8. The van der Waals surface area contributed by atoms with Crippen molar-refractivity contribution in [1.29, 1.82) is 0 Å². The van der Waals surface area contributed by atoms with Crippen LogP contribution in [0.25, 0.3) is 0 Å². The smallest absolute Gasteiger partial charge is 0.305 e. The summed E-state index contributed by atoms with van der Waals surface area (Å²) in [7, 11) is 0. The fourth-order valence-electron chi connectivity index (χ4n) is 2.53. The maximum Gasteiger partial charge on any atom is 0.305 e. The van der Waals surface area contributed by atoms with E-state index < -0.39 is 23.2 Å². The maximum atomic E-state index is 13.8. The summed E-state index contributed by atoms with van der Waals surface area (Å²) in [5, 5.41) is 14.0. The number of benzene rings is 1. The topological polar surface area (TPSA) is 95.5 Å². The molecule has 1 saturated carbocycles. The van der Waals surface area contributed by atoms with Crippen molar-refractivity contribution in [2.24, 2.45) is 0 Å². The van der Waals surface area contributed by atoms with Gasteiger partial charge in [-0.3, -0.25) is 14.4 Å². The highest BCUT2D eigenvalue weighted by Gasteiger charge is 2.40. The van der Waals surface area contributed by atoms with Crippen LogP contribution < -0.4 is 10.6 Å². The van der Waals surface area contributed by atoms with Gasteiger partial charge >= 0.3 is 5.97 Å². The zero-order chi connectivity index (χ0) is 16.3. The highest BCUT2D eigenvalue weighted by molar-refractivity contribution is 5.97. The third-order valence-electron chi connectivity index (χ3n) is 3.71. The summed E-state index contributed by atoms with van der Waals surface area (Å²) in [4.78, 5) is 34.1. The first-order valence-electron chi connectivity index (χ1n) is 6.93. The predicted molar refractivity (Wildman–Crippen MR) is 77.0 cm³/mol. The number of amides is 2. The van der Waals surface area contributed by atoms with Gasteiger partial charge in [-0.15, -0.1) is 0 Å². The van der Waals surface area contributed by atoms with E-state index >= 15 is 0 Å². The Bertz CT molecular complexity index is 626. The van der Waals surface area contributed by atoms with E-state index in [-0.39, 0.29) is 17.9 Å². The zero-order valence-electron chi connectivity index (χ0n) is 12.1. The summed E-state index contributed by atoms with van der Waals surface area (Å²) in [6, 6.07) is 3.67. The Morgan fingerprint density at radius 2 is 2.00 bits per heavy atom. The van der Waals surface area contributed by atoms with Crippen LogP contribution in [0.3, 0.4) is 0 Å². The number of halogens is 1. The Morgan fingerprint density at radius 3 is 2.50 bits per heavy atom. The van der Waals surface area contributed by atoms with Crippen molar-refractivity contribution in [3.05, 3.63) is 29.6 Å². The largest absolute Gasteiger partial charge is 0.481 e. The lowest BCUT2D eigenvalue weighted by Gasteiger charge is -2.41. The molecule has 1 aliphatic rings. The van der Waals surface area contributed by atoms with Crippen LogP contribution in [0.4, 0.5) is 10.1 Å². The van der Waals surface area contributed by atoms with Crippen LogP contribution in [0, 0.1) is 5.82 Å². The molecule has 1 fully saturated rings. The van der Waals surface area contributed by atoms with Gasteiger partial charge in [-0.1, -0.05) is 0 Å². The van der Waals surface area contributed by atoms with Crippen molar-refractivity contribution < 1.29 is 23.9 Å². The molecular formula is C15H17FN2O4. The SMILES string of the molecule is CC(=O)Nc1ccc(F)c(C(=O)NC2(CC(=O)O)CCC2)c1. The van der Waals surface area contributed by atoms with Crippen LogP contribution in [-0.4, -0.2) is 28.4 Å². The Morgan fingerprint density at radius 1 is 1.32 bits per heavy atom. The van der Waals surface area contributed by atoms with Crippen LogP contribution in [-0.2, 0) is 9.59 Å². The van der Waals surface area contributed by atoms with Gasteiger partial charge in [0.25, 0.3) is 5.91 Å². The molecule has 0 bridgehead atoms. The lowest BCUT2D eigenvalue weighted by molar-refractivity contribution is -0.139. The minimum Gasteiger partial charge on any atom is -0.481 e. The van der Waals surface area contributed by atoms with E-state index in [1.807, 2.05) is 0 Å². The van der Waals surface area contributed by atoms with Crippen molar-refractivity contribution in [2.45, 2.75) is 38.1 Å². The van der Waals surface area contributed by atoms with Gasteiger partial charge in [0.05, 0.1) is 17.5 Å². The second-order valence-electron chi connectivity index (χ2n) is 5.53. The van der Waals surface area contributed by atoms with E-state index in [4.69, 9.17) is 5.11 Å². The highest BCUT2D eigenvalue weighted by Crippen LogP contribution is 2.35. The van der Waals surface area contributed by atoms with Gasteiger partial charge in [0.15, 0.2) is 0 Å². The second kappa shape index (κ2) is 6.13. The first kappa shape index (κ1) is 15.9. The van der Waals surface area contributed by atoms with Crippen LogP contribution in [0.1, 0.15) is 43.0 Å². The van der Waals surface area contributed by atoms with E-state index in [1.54, 1.807) is 0 Å². The number of hydrogen-bond donors (Lipinski definition) is 3. The van der Waals surface area contributed by atoms with E-state index in [0.29, 0.717) is 18.5 Å². The van der Waals surface area contributed by atoms with E-state index in [0.717, 1.165) is 12.5 Å². The molecule has 1 aliphatic carbocycles. The number of carbonyl (C=O) groups excluding carboxylic acids is 2. The Balaban J connectivity index is 2.18. The van der Waals surface area contributed by atoms with Crippen LogP contribution >= 0.6 is 0 Å². The number of anilines is 1. The molecule has 0 aromatic heterocycles. The molecule has 22 heavy (non-hydrogen) atoms. The van der Waals surface area contributed by atoms with Gasteiger partial charge < -0.3 is 15.7 Å². The van der Waals surface area contributed by atoms with E-state index in [9.17, 15) is 18.8 Å². The molecule has 0 unspecified atom stereocenters. The number of aliphatic carboxylic acids is 1. The molecule has 1 aromatic carbocycles. The number of carbonyl (C=O) groups is 3. The summed E-state index contributed by atoms with van der Waals surface area (Å²) in [6.07, 6.45) is 1.74. The molecule has 118 valence electrons. The van der Waals surface area contributed by atoms with Crippen molar-refractivity contribution in [3.63, 3.8) is 0 Å². The predicted octanol–water partition coefficient (Wildman–Crippen LogP) is 1.91. The zero-order valence-corrected chi connectivity index (χ0v) is 12.1. The minimum absolute atomic E-state index is 0.189. The third-order valence-corrected chi connectivity index (χ3v) is 3.71. The fourth-order valence-corrected chi connectivity index (χ4v) is 2.53. The number of nitrogens with one attached hydrogen (secondary N) is 2. The number of hydrogen-bond acceptors (Lipinski definition) is 3. The first-order chi connectivity index (χ1) is 10.3. The van der Waals surface area contributed by atoms with Crippen molar-refractivity contribution in [3.8, 4) is 0 Å². The minimum atomic E-state index is -1.01. The van der Waals surface area contributed by atoms with Crippen molar-refractivity contribution >= 4 is 23.5 Å². The summed E-state index contributed by atoms with van der Waals surface area (Å²) in [5.74, 6) is -2.74. The van der Waals surface area contributed by atoms with Crippen LogP contribution in [0.2, 0.25) is 0 Å². The quantitative estimate of drug-likeness (QED) is 0.774. The Labute approximate surface area is 126 Å². The molecule has 0 spiro atoms. The molecule has 3 N–H and O–H groups in total. The molecule has 1 aromatic rings. The van der Waals surface area contributed by atoms with E-state index in [1.165, 1.54) is 19.1 Å². The van der Waals surface area contributed by atoms with Gasteiger partial charge in [-0.25, -0.2) is 4.39 Å². The molecule has 0 aliphatic heterocycles. The highest BCUT2D eigenvalue weighted by atomic mass is 19.1. The first-order valence-corrected chi connectivity index (χ1v) is 6.93. The molecule has 2 amide bonds. The van der Waals surface area contributed by atoms with Crippen molar-refractivity contribution in [2.75, 3.05) is 5.32 Å². The number of carboxylic acid groups (broad SMARTS) is 1. The van der Waals surface area contributed by atoms with Gasteiger partial charge in [0, 0.05) is 12.6 Å². The molecular weight excluding hydrogens is 291 g/mol. The molecule has 2 rings (SSSR count). The molecule has 0 atom stereocenters. The summed E-state index contributed by atoms with van der Waals surface area (Å²) in [5.41, 5.74) is -0.720. The Kier molecular flexibility index (Phi) is 4.44. The average Bonchev–Trinajstić information content (AvgIpc) is 2.37. The lowest BCUT2D eigenvalue weighted by atomic mass is 9.74. The molecule has 6 nitrogen and oxygen atoms in total. The standard InChI is InChI=1S/C15H17FN2O4/c1-9(19)17-10-3-4-12(16)11(7-10)14(22)18-15(5-2-6-15)8-13(20)21/h3-4,7H,2,5-6,8H2,1H3,(H,17,19)(H,18,22)(H,20,21). The van der Waals surface area contributed by atoms with Crippen molar-refractivity contribution in [1.82, 2.24) is 5.32 Å². The number of carboxylic acids is 1. The molecule has 7 heteroatoms. The Hall–Kier alpha value is -2.44. The summed E-state index contributed by atoms with van der Waals surface area (Å²) in [6.45, 7) is 1.30. The lowest BCUT2D eigenvalue weighted by Crippen LogP contribution is -2.54. The van der Waals surface area contributed by atoms with Crippen LogP contribution in [0.15, 0.2) is 18.2 Å².